The molecule has 0 atom stereocenters. The van der Waals surface area contributed by atoms with Gasteiger partial charge < -0.3 is 5.32 Å². The molecule has 3 rings (SSSR count). The first-order valence-electron chi connectivity index (χ1n) is 8.38. The van der Waals surface area contributed by atoms with Gasteiger partial charge in [-0.05, 0) is 54.6 Å². The minimum atomic E-state index is -0.452. The first-order valence-corrected chi connectivity index (χ1v) is 9.52. The highest BCUT2D eigenvalue weighted by molar-refractivity contribution is 6.38. The number of hydrazone groups is 1. The molecule has 0 unspecified atom stereocenters. The lowest BCUT2D eigenvalue weighted by atomic mass is 10.1. The predicted molar refractivity (Wildman–Crippen MR) is 117 cm³/mol. The minimum Gasteiger partial charge on any atom is -0.322 e. The molecule has 0 saturated carbocycles. The smallest absolute Gasteiger partial charge is 0.271 e. The van der Waals surface area contributed by atoms with Gasteiger partial charge in [-0.15, -0.1) is 0 Å². The monoisotopic (exact) mass is 445 g/mol. The maximum atomic E-state index is 12.3. The maximum Gasteiger partial charge on any atom is 0.271 e. The highest BCUT2D eigenvalue weighted by Crippen LogP contribution is 2.22. The molecule has 0 bridgehead atoms. The molecule has 0 aliphatic heterocycles. The van der Waals surface area contributed by atoms with E-state index < -0.39 is 5.91 Å². The van der Waals surface area contributed by atoms with Gasteiger partial charge in [0.25, 0.3) is 11.8 Å². The van der Waals surface area contributed by atoms with Crippen LogP contribution < -0.4 is 10.7 Å². The molecule has 0 aliphatic carbocycles. The van der Waals surface area contributed by atoms with E-state index in [0.29, 0.717) is 37.4 Å². The Kier molecular flexibility index (Phi) is 6.88. The largest absolute Gasteiger partial charge is 0.322 e. The number of amides is 2. The Balaban J connectivity index is 1.67. The fraction of sp³-hybridized carbons (Fsp3) is 0. The van der Waals surface area contributed by atoms with Gasteiger partial charge in [0.2, 0.25) is 0 Å². The number of benzene rings is 3. The summed E-state index contributed by atoms with van der Waals surface area (Å²) in [4.78, 5) is 24.6. The van der Waals surface area contributed by atoms with Crippen molar-refractivity contribution in [2.45, 2.75) is 0 Å². The standard InChI is InChI=1S/C21H14Cl3N3O2/c22-15-9-7-13(8-10-15)20(28)26-16-4-1-3-14(11-16)21(29)27-25-12-17-18(23)5-2-6-19(17)24/h1-12H,(H,26,28)(H,27,29)/b25-12-. The van der Waals surface area contributed by atoms with Crippen molar-refractivity contribution >= 4 is 58.5 Å². The fourth-order valence-electron chi connectivity index (χ4n) is 2.40. The van der Waals surface area contributed by atoms with E-state index >= 15 is 0 Å². The third kappa shape index (κ3) is 5.57. The number of nitrogens with zero attached hydrogens (tertiary/aromatic N) is 1. The van der Waals surface area contributed by atoms with Gasteiger partial charge in [-0.3, -0.25) is 9.59 Å². The summed E-state index contributed by atoms with van der Waals surface area (Å²) >= 11 is 17.9. The van der Waals surface area contributed by atoms with Crippen molar-refractivity contribution in [1.82, 2.24) is 5.43 Å². The van der Waals surface area contributed by atoms with E-state index in [9.17, 15) is 9.59 Å². The second-order valence-corrected chi connectivity index (χ2v) is 7.13. The molecule has 0 saturated heterocycles. The zero-order valence-corrected chi connectivity index (χ0v) is 17.1. The molecule has 29 heavy (non-hydrogen) atoms. The highest BCUT2D eigenvalue weighted by Gasteiger charge is 2.09. The van der Waals surface area contributed by atoms with Crippen LogP contribution in [0.1, 0.15) is 26.3 Å². The van der Waals surface area contributed by atoms with Gasteiger partial charge in [0.05, 0.1) is 16.3 Å². The quantitative estimate of drug-likeness (QED) is 0.392. The summed E-state index contributed by atoms with van der Waals surface area (Å²) in [6, 6.07) is 18.0. The Bertz CT molecular complexity index is 1060. The van der Waals surface area contributed by atoms with Gasteiger partial charge in [-0.1, -0.05) is 46.9 Å². The summed E-state index contributed by atoms with van der Waals surface area (Å²) in [7, 11) is 0. The van der Waals surface area contributed by atoms with Crippen molar-refractivity contribution < 1.29 is 9.59 Å². The topological polar surface area (TPSA) is 70.6 Å². The maximum absolute atomic E-state index is 12.3. The van der Waals surface area contributed by atoms with Gasteiger partial charge in [0.1, 0.15) is 0 Å². The van der Waals surface area contributed by atoms with E-state index in [1.165, 1.54) is 6.21 Å². The summed E-state index contributed by atoms with van der Waals surface area (Å²) in [6.45, 7) is 0. The number of anilines is 1. The number of hydrogen-bond acceptors (Lipinski definition) is 3. The van der Waals surface area contributed by atoms with Crippen LogP contribution in [-0.4, -0.2) is 18.0 Å². The molecule has 3 aromatic carbocycles. The van der Waals surface area contributed by atoms with Crippen molar-refractivity contribution in [3.8, 4) is 0 Å². The molecule has 0 heterocycles. The minimum absolute atomic E-state index is 0.314. The molecule has 0 aliphatic rings. The first-order chi connectivity index (χ1) is 13.9. The zero-order chi connectivity index (χ0) is 20.8. The van der Waals surface area contributed by atoms with Crippen LogP contribution in [0.3, 0.4) is 0 Å². The van der Waals surface area contributed by atoms with E-state index in [2.05, 4.69) is 15.8 Å². The van der Waals surface area contributed by atoms with Crippen LogP contribution in [0.5, 0.6) is 0 Å². The Labute approximate surface area is 182 Å². The molecular formula is C21H14Cl3N3O2. The van der Waals surface area contributed by atoms with Crippen LogP contribution in [0, 0.1) is 0 Å². The number of carbonyl (C=O) groups excluding carboxylic acids is 2. The van der Waals surface area contributed by atoms with Gasteiger partial charge >= 0.3 is 0 Å². The third-order valence-electron chi connectivity index (χ3n) is 3.85. The SMILES string of the molecule is O=C(N/N=C\c1c(Cl)cccc1Cl)c1cccc(NC(=O)c2ccc(Cl)cc2)c1. The Morgan fingerprint density at radius 1 is 0.793 bits per heavy atom. The number of halogens is 3. The van der Waals surface area contributed by atoms with Crippen LogP contribution in [-0.2, 0) is 0 Å². The van der Waals surface area contributed by atoms with Crippen molar-refractivity contribution in [1.29, 1.82) is 0 Å². The summed E-state index contributed by atoms with van der Waals surface area (Å²) in [6.07, 6.45) is 1.37. The van der Waals surface area contributed by atoms with Crippen molar-refractivity contribution in [2.24, 2.45) is 5.10 Å². The third-order valence-corrected chi connectivity index (χ3v) is 4.76. The van der Waals surface area contributed by atoms with Crippen molar-refractivity contribution in [3.05, 3.63) is 98.5 Å². The van der Waals surface area contributed by atoms with Crippen LogP contribution in [0.4, 0.5) is 5.69 Å². The molecule has 0 aromatic heterocycles. The van der Waals surface area contributed by atoms with E-state index in [1.807, 2.05) is 0 Å². The van der Waals surface area contributed by atoms with Crippen molar-refractivity contribution in [3.63, 3.8) is 0 Å². The second-order valence-electron chi connectivity index (χ2n) is 5.88. The molecule has 0 spiro atoms. The van der Waals surface area contributed by atoms with E-state index in [0.717, 1.165) is 0 Å². The molecule has 5 nitrogen and oxygen atoms in total. The predicted octanol–water partition coefficient (Wildman–Crippen LogP) is 5.66. The molecule has 8 heteroatoms. The van der Waals surface area contributed by atoms with Crippen molar-refractivity contribution in [2.75, 3.05) is 5.32 Å². The highest BCUT2D eigenvalue weighted by atomic mass is 35.5. The average molecular weight is 447 g/mol. The number of hydrogen-bond donors (Lipinski definition) is 2. The van der Waals surface area contributed by atoms with Crippen LogP contribution in [0.25, 0.3) is 0 Å². The van der Waals surface area contributed by atoms with Gasteiger partial charge in [0, 0.05) is 27.4 Å². The zero-order valence-electron chi connectivity index (χ0n) is 14.8. The Hall–Kier alpha value is -2.86. The molecule has 2 N–H and O–H groups in total. The normalized spacial score (nSPS) is 10.7. The van der Waals surface area contributed by atoms with Crippen LogP contribution in [0.2, 0.25) is 15.1 Å². The molecule has 146 valence electrons. The first kappa shape index (κ1) is 20.9. The molecule has 2 amide bonds. The lowest BCUT2D eigenvalue weighted by Gasteiger charge is -2.07. The summed E-state index contributed by atoms with van der Waals surface area (Å²) in [5.74, 6) is -0.766. The lowest BCUT2D eigenvalue weighted by molar-refractivity contribution is 0.0953. The fourth-order valence-corrected chi connectivity index (χ4v) is 3.02. The van der Waals surface area contributed by atoms with Gasteiger partial charge in [-0.2, -0.15) is 5.10 Å². The Morgan fingerprint density at radius 2 is 1.45 bits per heavy atom. The lowest BCUT2D eigenvalue weighted by Crippen LogP contribution is -2.18. The summed E-state index contributed by atoms with van der Waals surface area (Å²) in [5, 5.41) is 8.01. The molecule has 0 radical (unpaired) electrons. The van der Waals surface area contributed by atoms with E-state index in [1.54, 1.807) is 66.7 Å². The van der Waals surface area contributed by atoms with E-state index in [4.69, 9.17) is 34.8 Å². The Morgan fingerprint density at radius 3 is 2.14 bits per heavy atom. The van der Waals surface area contributed by atoms with Crippen LogP contribution in [0.15, 0.2) is 71.8 Å². The van der Waals surface area contributed by atoms with Gasteiger partial charge in [0.15, 0.2) is 0 Å². The molecule has 3 aromatic rings. The number of rotatable bonds is 5. The second kappa shape index (κ2) is 9.56. The van der Waals surface area contributed by atoms with Gasteiger partial charge in [-0.25, -0.2) is 5.43 Å². The summed E-state index contributed by atoms with van der Waals surface area (Å²) in [5.41, 5.74) is 4.14. The van der Waals surface area contributed by atoms with E-state index in [-0.39, 0.29) is 5.91 Å². The number of nitrogens with one attached hydrogen (secondary N) is 2. The van der Waals surface area contributed by atoms with Crippen LogP contribution >= 0.6 is 34.8 Å². The molecular weight excluding hydrogens is 433 g/mol. The summed E-state index contributed by atoms with van der Waals surface area (Å²) < 4.78 is 0. The number of carbonyl (C=O) groups is 2. The average Bonchev–Trinajstić information content (AvgIpc) is 2.70. The molecule has 0 fully saturated rings.